The van der Waals surface area contributed by atoms with Gasteiger partial charge in [0.15, 0.2) is 0 Å². The summed E-state index contributed by atoms with van der Waals surface area (Å²) in [5, 5.41) is 13.5. The van der Waals surface area contributed by atoms with Gasteiger partial charge in [0.1, 0.15) is 29.8 Å². The van der Waals surface area contributed by atoms with E-state index < -0.39 is 6.10 Å². The molecule has 1 aliphatic rings. The molecule has 1 fully saturated rings. The Hall–Kier alpha value is -1.73. The van der Waals surface area contributed by atoms with Gasteiger partial charge in [0.2, 0.25) is 0 Å². The van der Waals surface area contributed by atoms with Gasteiger partial charge in [0, 0.05) is 43.1 Å². The molecule has 0 aliphatic carbocycles. The number of nitrogens with one attached hydrogen (secondary N) is 1. The molecule has 0 radical (unpaired) electrons. The van der Waals surface area contributed by atoms with Crippen LogP contribution < -0.4 is 10.2 Å². The summed E-state index contributed by atoms with van der Waals surface area (Å²) in [5.41, 5.74) is 0. The van der Waals surface area contributed by atoms with E-state index in [1.165, 1.54) is 0 Å². The van der Waals surface area contributed by atoms with Gasteiger partial charge in [-0.15, -0.1) is 0 Å². The molecule has 0 unspecified atom stereocenters. The highest BCUT2D eigenvalue weighted by Crippen LogP contribution is 2.22. The second-order valence-electron chi connectivity index (χ2n) is 5.67. The number of aromatic nitrogens is 2. The molecule has 2 aromatic heterocycles. The Morgan fingerprint density at radius 1 is 1.39 bits per heavy atom. The third kappa shape index (κ3) is 4.39. The third-order valence-corrected chi connectivity index (χ3v) is 4.77. The number of hydrogen-bond donors (Lipinski definition) is 2. The molecule has 1 aliphatic heterocycles. The maximum absolute atomic E-state index is 10.1. The molecule has 0 saturated carbocycles. The highest BCUT2D eigenvalue weighted by atomic mass is 32.2. The van der Waals surface area contributed by atoms with Crippen molar-refractivity contribution >= 4 is 23.4 Å². The van der Waals surface area contributed by atoms with Gasteiger partial charge in [0.05, 0.1) is 6.26 Å². The first-order chi connectivity index (χ1) is 11.2. The summed E-state index contributed by atoms with van der Waals surface area (Å²) in [6.07, 6.45) is 3.10. The van der Waals surface area contributed by atoms with Crippen molar-refractivity contribution in [3.05, 3.63) is 36.5 Å². The lowest BCUT2D eigenvalue weighted by atomic mass is 10.1. The monoisotopic (exact) mass is 334 g/mol. The fourth-order valence-corrected chi connectivity index (χ4v) is 3.54. The molecule has 1 saturated heterocycles. The van der Waals surface area contributed by atoms with E-state index in [0.717, 1.165) is 36.2 Å². The van der Waals surface area contributed by atoms with E-state index >= 15 is 0 Å². The standard InChI is InChI=1S/C16H22N4O2S/c1-12(9-13(21)14-3-2-6-22-14)19-15-10-16(18-11-17-15)20-4-7-23-8-5-20/h2-3,6,10-13,21H,4-5,7-9H2,1H3,(H,17,18,19)/t12-,13-/m0/s1. The molecule has 3 rings (SSSR count). The van der Waals surface area contributed by atoms with Crippen molar-refractivity contribution in [3.8, 4) is 0 Å². The minimum Gasteiger partial charge on any atom is -0.467 e. The number of anilines is 2. The third-order valence-electron chi connectivity index (χ3n) is 3.83. The molecule has 3 heterocycles. The average molecular weight is 334 g/mol. The van der Waals surface area contributed by atoms with Crippen molar-refractivity contribution in [3.63, 3.8) is 0 Å². The molecule has 0 amide bonds. The first-order valence-corrected chi connectivity index (χ1v) is 9.00. The highest BCUT2D eigenvalue weighted by Gasteiger charge is 2.16. The maximum Gasteiger partial charge on any atom is 0.134 e. The van der Waals surface area contributed by atoms with Gasteiger partial charge in [-0.1, -0.05) is 0 Å². The normalized spacial score (nSPS) is 17.7. The number of rotatable bonds is 6. The number of aliphatic hydroxyl groups excluding tert-OH is 1. The molecular weight excluding hydrogens is 312 g/mol. The summed E-state index contributed by atoms with van der Waals surface area (Å²) in [6.45, 7) is 4.06. The fourth-order valence-electron chi connectivity index (χ4n) is 2.63. The van der Waals surface area contributed by atoms with Crippen LogP contribution in [0.1, 0.15) is 25.2 Å². The number of aliphatic hydroxyl groups is 1. The lowest BCUT2D eigenvalue weighted by Gasteiger charge is -2.27. The Bertz CT molecular complexity index is 602. The molecule has 2 aromatic rings. The molecule has 0 bridgehead atoms. The summed E-state index contributed by atoms with van der Waals surface area (Å²) in [4.78, 5) is 10.9. The fraction of sp³-hybridized carbons (Fsp3) is 0.500. The smallest absolute Gasteiger partial charge is 0.134 e. The summed E-state index contributed by atoms with van der Waals surface area (Å²) in [6, 6.07) is 5.61. The van der Waals surface area contributed by atoms with Crippen LogP contribution in [-0.2, 0) is 0 Å². The zero-order valence-corrected chi connectivity index (χ0v) is 14.0. The lowest BCUT2D eigenvalue weighted by Crippen LogP contribution is -2.33. The van der Waals surface area contributed by atoms with Crippen LogP contribution in [0.2, 0.25) is 0 Å². The zero-order valence-electron chi connectivity index (χ0n) is 13.2. The molecule has 7 heteroatoms. The van der Waals surface area contributed by atoms with Gasteiger partial charge in [-0.05, 0) is 19.1 Å². The van der Waals surface area contributed by atoms with E-state index in [0.29, 0.717) is 12.2 Å². The predicted octanol–water partition coefficient (Wildman–Crippen LogP) is 2.55. The van der Waals surface area contributed by atoms with Gasteiger partial charge in [-0.25, -0.2) is 9.97 Å². The lowest BCUT2D eigenvalue weighted by molar-refractivity contribution is 0.136. The first kappa shape index (κ1) is 16.1. The molecule has 124 valence electrons. The second kappa shape index (κ2) is 7.70. The predicted molar refractivity (Wildman–Crippen MR) is 92.9 cm³/mol. The minimum absolute atomic E-state index is 0.0646. The number of nitrogens with zero attached hydrogens (tertiary/aromatic N) is 3. The van der Waals surface area contributed by atoms with Gasteiger partial charge in [-0.2, -0.15) is 11.8 Å². The van der Waals surface area contributed by atoms with Crippen LogP contribution in [0.5, 0.6) is 0 Å². The number of thioether (sulfide) groups is 1. The molecule has 0 spiro atoms. The van der Waals surface area contributed by atoms with Gasteiger partial charge < -0.3 is 19.7 Å². The first-order valence-electron chi connectivity index (χ1n) is 7.85. The summed E-state index contributed by atoms with van der Waals surface area (Å²) in [7, 11) is 0. The Morgan fingerprint density at radius 3 is 2.96 bits per heavy atom. The largest absolute Gasteiger partial charge is 0.467 e. The van der Waals surface area contributed by atoms with Crippen LogP contribution in [0.4, 0.5) is 11.6 Å². The van der Waals surface area contributed by atoms with Crippen molar-refractivity contribution in [2.24, 2.45) is 0 Å². The van der Waals surface area contributed by atoms with E-state index in [1.54, 1.807) is 24.7 Å². The van der Waals surface area contributed by atoms with Crippen molar-refractivity contribution in [2.45, 2.75) is 25.5 Å². The minimum atomic E-state index is -0.618. The molecule has 6 nitrogen and oxygen atoms in total. The quantitative estimate of drug-likeness (QED) is 0.841. The molecule has 23 heavy (non-hydrogen) atoms. The van der Waals surface area contributed by atoms with E-state index in [-0.39, 0.29) is 6.04 Å². The summed E-state index contributed by atoms with van der Waals surface area (Å²) >= 11 is 1.98. The van der Waals surface area contributed by atoms with Crippen molar-refractivity contribution in [2.75, 3.05) is 34.8 Å². The Labute approximate surface area is 140 Å². The SMILES string of the molecule is C[C@@H](C[C@H](O)c1ccco1)Nc1cc(N2CCSCC2)ncn1. The molecule has 0 aromatic carbocycles. The highest BCUT2D eigenvalue weighted by molar-refractivity contribution is 7.99. The summed E-state index contributed by atoms with van der Waals surface area (Å²) < 4.78 is 5.23. The Morgan fingerprint density at radius 2 is 2.22 bits per heavy atom. The summed E-state index contributed by atoms with van der Waals surface area (Å²) in [5.74, 6) is 4.61. The maximum atomic E-state index is 10.1. The van der Waals surface area contributed by atoms with Crippen LogP contribution in [0.15, 0.2) is 35.2 Å². The van der Waals surface area contributed by atoms with Gasteiger partial charge in [0.25, 0.3) is 0 Å². The van der Waals surface area contributed by atoms with Crippen LogP contribution in [0, 0.1) is 0 Å². The van der Waals surface area contributed by atoms with Crippen LogP contribution in [0.3, 0.4) is 0 Å². The average Bonchev–Trinajstić information content (AvgIpc) is 3.10. The van der Waals surface area contributed by atoms with E-state index in [9.17, 15) is 5.11 Å². The van der Waals surface area contributed by atoms with Gasteiger partial charge >= 0.3 is 0 Å². The molecule has 2 atom stereocenters. The van der Waals surface area contributed by atoms with E-state index in [1.807, 2.05) is 24.8 Å². The topological polar surface area (TPSA) is 74.4 Å². The van der Waals surface area contributed by atoms with Crippen molar-refractivity contribution < 1.29 is 9.52 Å². The van der Waals surface area contributed by atoms with E-state index in [4.69, 9.17) is 4.42 Å². The van der Waals surface area contributed by atoms with Crippen molar-refractivity contribution in [1.82, 2.24) is 9.97 Å². The van der Waals surface area contributed by atoms with Crippen molar-refractivity contribution in [1.29, 1.82) is 0 Å². The molecular formula is C16H22N4O2S. The second-order valence-corrected chi connectivity index (χ2v) is 6.90. The Balaban J connectivity index is 1.58. The van der Waals surface area contributed by atoms with Crippen LogP contribution in [0.25, 0.3) is 0 Å². The van der Waals surface area contributed by atoms with E-state index in [2.05, 4.69) is 20.2 Å². The Kier molecular flexibility index (Phi) is 5.40. The number of furan rings is 1. The number of hydrogen-bond acceptors (Lipinski definition) is 7. The zero-order chi connectivity index (χ0) is 16.1. The van der Waals surface area contributed by atoms with Crippen LogP contribution in [-0.4, -0.2) is 45.7 Å². The van der Waals surface area contributed by atoms with Gasteiger partial charge in [-0.3, -0.25) is 0 Å². The van der Waals surface area contributed by atoms with Crippen LogP contribution >= 0.6 is 11.8 Å². The molecule has 2 N–H and O–H groups in total.